The second kappa shape index (κ2) is 8.82. The molecule has 1 saturated carbocycles. The van der Waals surface area contributed by atoms with Gasteiger partial charge in [-0.25, -0.2) is 4.79 Å². The number of aliphatic hydroxyl groups excluding tert-OH is 1. The summed E-state index contributed by atoms with van der Waals surface area (Å²) in [5, 5.41) is 10.1. The number of hydrogen-bond acceptors (Lipinski definition) is 5. The fourth-order valence-electron chi connectivity index (χ4n) is 4.68. The monoisotopic (exact) mass is 408 g/mol. The van der Waals surface area contributed by atoms with E-state index in [4.69, 9.17) is 14.2 Å². The molecule has 2 aromatic carbocycles. The predicted octanol–water partition coefficient (Wildman–Crippen LogP) is 5.74. The number of esters is 1. The maximum atomic E-state index is 12.1. The van der Waals surface area contributed by atoms with Crippen molar-refractivity contribution >= 4 is 5.97 Å². The van der Waals surface area contributed by atoms with Gasteiger partial charge in [-0.1, -0.05) is 25.0 Å². The van der Waals surface area contributed by atoms with E-state index in [1.54, 1.807) is 7.11 Å². The number of aryl methyl sites for hydroxylation is 1. The second-order valence-corrected chi connectivity index (χ2v) is 8.20. The van der Waals surface area contributed by atoms with E-state index >= 15 is 0 Å². The summed E-state index contributed by atoms with van der Waals surface area (Å²) >= 11 is 0. The third kappa shape index (κ3) is 4.61. The Morgan fingerprint density at radius 2 is 1.80 bits per heavy atom. The molecule has 0 spiro atoms. The first kappa shape index (κ1) is 20.3. The van der Waals surface area contributed by atoms with Gasteiger partial charge in [-0.05, 0) is 73.6 Å². The van der Waals surface area contributed by atoms with Crippen molar-refractivity contribution in [3.05, 3.63) is 65.9 Å². The van der Waals surface area contributed by atoms with Gasteiger partial charge < -0.3 is 19.3 Å². The lowest BCUT2D eigenvalue weighted by Gasteiger charge is -2.40. The molecule has 0 saturated heterocycles. The zero-order valence-electron chi connectivity index (χ0n) is 17.3. The summed E-state index contributed by atoms with van der Waals surface area (Å²) in [7, 11) is 1.64. The number of aliphatic hydroxyl groups is 1. The summed E-state index contributed by atoms with van der Waals surface area (Å²) in [4.78, 5) is 12.1. The molecule has 4 rings (SSSR count). The maximum Gasteiger partial charge on any atom is 0.334 e. The number of carbonyl (C=O) groups excluding carboxylic acids is 1. The Morgan fingerprint density at radius 3 is 2.50 bits per heavy atom. The summed E-state index contributed by atoms with van der Waals surface area (Å²) in [6.07, 6.45) is 7.44. The highest BCUT2D eigenvalue weighted by Crippen LogP contribution is 2.44. The predicted molar refractivity (Wildman–Crippen MR) is 114 cm³/mol. The molecule has 1 heterocycles. The summed E-state index contributed by atoms with van der Waals surface area (Å²) in [6, 6.07) is 15.4. The van der Waals surface area contributed by atoms with E-state index in [0.717, 1.165) is 54.9 Å². The van der Waals surface area contributed by atoms with Crippen molar-refractivity contribution in [1.29, 1.82) is 0 Å². The van der Waals surface area contributed by atoms with Gasteiger partial charge in [0.25, 0.3) is 0 Å². The smallest absolute Gasteiger partial charge is 0.334 e. The van der Waals surface area contributed by atoms with Crippen molar-refractivity contribution < 1.29 is 24.1 Å². The minimum absolute atomic E-state index is 0.134. The molecular weight excluding hydrogens is 380 g/mol. The zero-order valence-corrected chi connectivity index (χ0v) is 17.3. The van der Waals surface area contributed by atoms with Crippen molar-refractivity contribution in [3.63, 3.8) is 0 Å². The van der Waals surface area contributed by atoms with E-state index in [-0.39, 0.29) is 5.76 Å². The Kier molecular flexibility index (Phi) is 5.98. The molecule has 158 valence electrons. The van der Waals surface area contributed by atoms with Crippen LogP contribution in [0.3, 0.4) is 0 Å². The first-order valence-corrected chi connectivity index (χ1v) is 10.6. The van der Waals surface area contributed by atoms with Gasteiger partial charge in [0, 0.05) is 6.42 Å². The van der Waals surface area contributed by atoms with Crippen molar-refractivity contribution in [2.75, 3.05) is 7.11 Å². The maximum absolute atomic E-state index is 12.1. The van der Waals surface area contributed by atoms with Crippen LogP contribution in [-0.2, 0) is 16.0 Å². The van der Waals surface area contributed by atoms with Gasteiger partial charge in [0.05, 0.1) is 13.2 Å². The van der Waals surface area contributed by atoms with Crippen molar-refractivity contribution in [2.24, 2.45) is 5.92 Å². The number of methoxy groups -OCH3 is 1. The number of cyclic esters (lactones) is 1. The molecule has 0 amide bonds. The summed E-state index contributed by atoms with van der Waals surface area (Å²) in [5.41, 5.74) is 0.502. The molecule has 30 heavy (non-hydrogen) atoms. The lowest BCUT2D eigenvalue weighted by molar-refractivity contribution is -0.165. The van der Waals surface area contributed by atoms with E-state index in [2.05, 4.69) is 6.07 Å². The van der Waals surface area contributed by atoms with Crippen LogP contribution in [0, 0.1) is 5.92 Å². The van der Waals surface area contributed by atoms with Crippen LogP contribution in [0.1, 0.15) is 44.1 Å². The molecule has 1 atom stereocenters. The third-order valence-electron chi connectivity index (χ3n) is 6.20. The topological polar surface area (TPSA) is 65.0 Å². The van der Waals surface area contributed by atoms with Gasteiger partial charge in [-0.15, -0.1) is 0 Å². The summed E-state index contributed by atoms with van der Waals surface area (Å²) in [6.45, 7) is 0. The second-order valence-electron chi connectivity index (χ2n) is 8.20. The highest BCUT2D eigenvalue weighted by Gasteiger charge is 2.45. The van der Waals surface area contributed by atoms with E-state index in [9.17, 15) is 9.90 Å². The highest BCUT2D eigenvalue weighted by atomic mass is 16.6. The fourth-order valence-corrected chi connectivity index (χ4v) is 4.68. The van der Waals surface area contributed by atoms with E-state index in [1.165, 1.54) is 6.08 Å². The van der Waals surface area contributed by atoms with Crippen LogP contribution < -0.4 is 9.47 Å². The summed E-state index contributed by atoms with van der Waals surface area (Å²) in [5.74, 6) is 2.29. The molecule has 2 aliphatic rings. The molecule has 5 heteroatoms. The molecule has 1 N–H and O–H groups in total. The molecule has 0 aromatic heterocycles. The Balaban J connectivity index is 1.47. The molecule has 0 radical (unpaired) electrons. The number of rotatable bonds is 7. The Bertz CT molecular complexity index is 911. The standard InChI is InChI=1S/C25H28O5/c1-28-21-9-11-22(12-10-21)29-23-8-4-5-18(15-23)13-14-25(19-6-2-3-7-19)17-20(26)16-24(27)30-25/h4-5,8-12,15-16,19,26H,2-3,6-7,13-14,17H2,1H3. The van der Waals surface area contributed by atoms with Gasteiger partial charge >= 0.3 is 5.97 Å². The fraction of sp³-hybridized carbons (Fsp3) is 0.400. The van der Waals surface area contributed by atoms with Crippen molar-refractivity contribution in [1.82, 2.24) is 0 Å². The van der Waals surface area contributed by atoms with Gasteiger partial charge in [-0.3, -0.25) is 0 Å². The number of ether oxygens (including phenoxy) is 3. The van der Waals surface area contributed by atoms with E-state index in [1.807, 2.05) is 42.5 Å². The normalized spacial score (nSPS) is 21.8. The van der Waals surface area contributed by atoms with Gasteiger partial charge in [0.2, 0.25) is 0 Å². The average Bonchev–Trinajstić information content (AvgIpc) is 3.28. The van der Waals surface area contributed by atoms with E-state index in [0.29, 0.717) is 18.8 Å². The molecule has 1 unspecified atom stereocenters. The number of hydrogen-bond donors (Lipinski definition) is 1. The molecule has 0 bridgehead atoms. The van der Waals surface area contributed by atoms with Crippen LogP contribution in [0.5, 0.6) is 17.2 Å². The van der Waals surface area contributed by atoms with Gasteiger partial charge in [0.15, 0.2) is 0 Å². The van der Waals surface area contributed by atoms with Crippen LogP contribution in [0.2, 0.25) is 0 Å². The molecular formula is C25H28O5. The Morgan fingerprint density at radius 1 is 1.07 bits per heavy atom. The minimum atomic E-state index is -0.612. The molecule has 5 nitrogen and oxygen atoms in total. The SMILES string of the molecule is COc1ccc(Oc2cccc(CCC3(C4CCCC4)CC(O)=CC(=O)O3)c2)cc1. The van der Waals surface area contributed by atoms with Crippen molar-refractivity contribution in [2.45, 2.75) is 50.5 Å². The first-order valence-electron chi connectivity index (χ1n) is 10.6. The van der Waals surface area contributed by atoms with Crippen LogP contribution in [0.4, 0.5) is 0 Å². The zero-order chi connectivity index (χ0) is 21.0. The summed E-state index contributed by atoms with van der Waals surface area (Å²) < 4.78 is 17.0. The molecule has 1 aliphatic heterocycles. The Labute approximate surface area is 177 Å². The quantitative estimate of drug-likeness (QED) is 0.592. The minimum Gasteiger partial charge on any atom is -0.512 e. The lowest BCUT2D eigenvalue weighted by Crippen LogP contribution is -2.44. The van der Waals surface area contributed by atoms with Gasteiger partial charge in [0.1, 0.15) is 28.6 Å². The lowest BCUT2D eigenvalue weighted by atomic mass is 9.77. The Hall–Kier alpha value is -2.95. The first-order chi connectivity index (χ1) is 14.6. The van der Waals surface area contributed by atoms with Crippen LogP contribution in [0.25, 0.3) is 0 Å². The number of carbonyl (C=O) groups is 1. The molecule has 1 fully saturated rings. The molecule has 2 aromatic rings. The molecule has 1 aliphatic carbocycles. The van der Waals surface area contributed by atoms with Gasteiger partial charge in [-0.2, -0.15) is 0 Å². The number of benzene rings is 2. The van der Waals surface area contributed by atoms with Crippen molar-refractivity contribution in [3.8, 4) is 17.2 Å². The largest absolute Gasteiger partial charge is 0.512 e. The van der Waals surface area contributed by atoms with Crippen LogP contribution >= 0.6 is 0 Å². The van der Waals surface area contributed by atoms with E-state index < -0.39 is 11.6 Å². The van der Waals surface area contributed by atoms with Crippen LogP contribution in [0.15, 0.2) is 60.4 Å². The highest BCUT2D eigenvalue weighted by molar-refractivity contribution is 5.83. The average molecular weight is 408 g/mol. The van der Waals surface area contributed by atoms with Crippen LogP contribution in [-0.4, -0.2) is 23.8 Å². The third-order valence-corrected chi connectivity index (χ3v) is 6.20.